The minimum absolute atomic E-state index is 0.0516. The first-order chi connectivity index (χ1) is 14.5. The van der Waals surface area contributed by atoms with Crippen LogP contribution in [0, 0.1) is 0 Å². The van der Waals surface area contributed by atoms with Gasteiger partial charge in [-0.15, -0.1) is 11.6 Å². The van der Waals surface area contributed by atoms with Crippen LogP contribution in [0.4, 0.5) is 0 Å². The zero-order valence-electron chi connectivity index (χ0n) is 20.0. The van der Waals surface area contributed by atoms with Crippen LogP contribution in [0.25, 0.3) is 0 Å². The molecule has 0 amide bonds. The van der Waals surface area contributed by atoms with Crippen LogP contribution < -0.4 is 0 Å². The molecule has 1 aliphatic rings. The summed E-state index contributed by atoms with van der Waals surface area (Å²) >= 11 is 6.01. The molecular formula is C24H40ClNO3SSi. The van der Waals surface area contributed by atoms with Gasteiger partial charge in [0.05, 0.1) is 16.8 Å². The van der Waals surface area contributed by atoms with Crippen molar-refractivity contribution in [3.63, 3.8) is 0 Å². The van der Waals surface area contributed by atoms with E-state index in [0.717, 1.165) is 18.5 Å². The summed E-state index contributed by atoms with van der Waals surface area (Å²) in [6.45, 7) is 19.1. The molecule has 2 rings (SSSR count). The maximum absolute atomic E-state index is 13.3. The van der Waals surface area contributed by atoms with Crippen molar-refractivity contribution in [1.82, 2.24) is 4.90 Å². The van der Waals surface area contributed by atoms with Crippen LogP contribution in [0.3, 0.4) is 0 Å². The Morgan fingerprint density at radius 3 is 2.16 bits per heavy atom. The summed E-state index contributed by atoms with van der Waals surface area (Å²) in [7, 11) is -5.57. The second-order valence-corrected chi connectivity index (χ2v) is 17.5. The van der Waals surface area contributed by atoms with Crippen molar-refractivity contribution in [2.45, 2.75) is 81.6 Å². The SMILES string of the molecule is C=C(CCl)CN1CC[C@@H](O[Si](C(C)C)(C(C)C)C(C)C)[C@@H]1CS(=O)(=O)c1ccccc1. The molecule has 2 atom stereocenters. The molecule has 0 aromatic heterocycles. The molecule has 1 heterocycles. The van der Waals surface area contributed by atoms with Gasteiger partial charge in [0.2, 0.25) is 8.32 Å². The second kappa shape index (κ2) is 11.0. The van der Waals surface area contributed by atoms with Gasteiger partial charge in [-0.2, -0.15) is 0 Å². The summed E-state index contributed by atoms with van der Waals surface area (Å²) in [5.74, 6) is 0.429. The maximum atomic E-state index is 13.3. The number of rotatable bonds is 11. The average Bonchev–Trinajstić information content (AvgIpc) is 3.06. The Morgan fingerprint density at radius 1 is 1.13 bits per heavy atom. The number of halogens is 1. The van der Waals surface area contributed by atoms with Crippen molar-refractivity contribution in [2.24, 2.45) is 0 Å². The first-order valence-corrected chi connectivity index (χ1v) is 15.7. The van der Waals surface area contributed by atoms with Crippen molar-refractivity contribution < 1.29 is 12.8 Å². The van der Waals surface area contributed by atoms with Gasteiger partial charge in [-0.3, -0.25) is 4.90 Å². The minimum Gasteiger partial charge on any atom is -0.411 e. The predicted octanol–water partition coefficient (Wildman–Crippen LogP) is 5.89. The van der Waals surface area contributed by atoms with Crippen molar-refractivity contribution in [3.05, 3.63) is 42.5 Å². The number of hydrogen-bond donors (Lipinski definition) is 0. The molecule has 0 unspecified atom stereocenters. The Labute approximate surface area is 196 Å². The van der Waals surface area contributed by atoms with Crippen LogP contribution >= 0.6 is 11.6 Å². The van der Waals surface area contributed by atoms with Gasteiger partial charge in [-0.25, -0.2) is 8.42 Å². The molecule has 0 N–H and O–H groups in total. The number of likely N-dealkylation sites (tertiary alicyclic amines) is 1. The molecule has 1 saturated heterocycles. The number of benzene rings is 1. The van der Waals surface area contributed by atoms with E-state index in [4.69, 9.17) is 16.0 Å². The van der Waals surface area contributed by atoms with Crippen LogP contribution in [0.1, 0.15) is 48.0 Å². The van der Waals surface area contributed by atoms with E-state index < -0.39 is 18.2 Å². The Morgan fingerprint density at radius 2 is 1.68 bits per heavy atom. The van der Waals surface area contributed by atoms with Gasteiger partial charge in [-0.1, -0.05) is 66.3 Å². The summed E-state index contributed by atoms with van der Waals surface area (Å²) in [6, 6.07) is 8.54. The molecule has 7 heteroatoms. The molecule has 0 aliphatic carbocycles. The zero-order valence-corrected chi connectivity index (χ0v) is 22.5. The number of nitrogens with zero attached hydrogens (tertiary/aromatic N) is 1. The first kappa shape index (κ1) is 26.6. The van der Waals surface area contributed by atoms with E-state index in [2.05, 4.69) is 53.0 Å². The lowest BCUT2D eigenvalue weighted by Gasteiger charge is -2.45. The van der Waals surface area contributed by atoms with Crippen LogP contribution in [-0.4, -0.2) is 58.5 Å². The Hall–Kier alpha value is -0.663. The third kappa shape index (κ3) is 6.02. The monoisotopic (exact) mass is 485 g/mol. The second-order valence-electron chi connectivity index (χ2n) is 9.78. The van der Waals surface area contributed by atoms with Crippen LogP contribution in [0.2, 0.25) is 16.6 Å². The Kier molecular flexibility index (Phi) is 9.41. The lowest BCUT2D eigenvalue weighted by Crippen LogP contribution is -2.53. The molecule has 0 bridgehead atoms. The largest absolute Gasteiger partial charge is 0.411 e. The van der Waals surface area contributed by atoms with E-state index in [1.165, 1.54) is 0 Å². The fraction of sp³-hybridized carbons (Fsp3) is 0.667. The highest BCUT2D eigenvalue weighted by Gasteiger charge is 2.50. The molecule has 1 aromatic carbocycles. The number of sulfone groups is 1. The van der Waals surface area contributed by atoms with Crippen LogP contribution in [0.5, 0.6) is 0 Å². The van der Waals surface area contributed by atoms with Gasteiger partial charge in [-0.05, 0) is 40.8 Å². The molecule has 176 valence electrons. The van der Waals surface area contributed by atoms with Gasteiger partial charge in [0.25, 0.3) is 0 Å². The summed E-state index contributed by atoms with van der Waals surface area (Å²) in [5, 5.41) is 0. The highest BCUT2D eigenvalue weighted by atomic mass is 35.5. The fourth-order valence-electron chi connectivity index (χ4n) is 5.38. The van der Waals surface area contributed by atoms with Gasteiger partial charge >= 0.3 is 0 Å². The molecule has 1 aromatic rings. The molecule has 1 fully saturated rings. The summed E-state index contributed by atoms with van der Waals surface area (Å²) in [6.07, 6.45) is 0.742. The van der Waals surface area contributed by atoms with E-state index in [9.17, 15) is 8.42 Å². The first-order valence-electron chi connectivity index (χ1n) is 11.4. The summed E-state index contributed by atoms with van der Waals surface area (Å²) < 4.78 is 33.7. The Balaban J connectivity index is 2.39. The maximum Gasteiger partial charge on any atom is 0.200 e. The Bertz CT molecular complexity index is 805. The lowest BCUT2D eigenvalue weighted by atomic mass is 10.2. The van der Waals surface area contributed by atoms with Crippen molar-refractivity contribution >= 4 is 29.8 Å². The van der Waals surface area contributed by atoms with Gasteiger partial charge in [0, 0.05) is 25.0 Å². The van der Waals surface area contributed by atoms with E-state index in [1.807, 2.05) is 6.07 Å². The van der Waals surface area contributed by atoms with Gasteiger partial charge < -0.3 is 4.43 Å². The van der Waals surface area contributed by atoms with E-state index in [-0.39, 0.29) is 17.9 Å². The molecular weight excluding hydrogens is 446 g/mol. The third-order valence-corrected chi connectivity index (χ3v) is 15.0. The molecule has 31 heavy (non-hydrogen) atoms. The minimum atomic E-state index is -3.44. The number of hydrogen-bond acceptors (Lipinski definition) is 4. The highest BCUT2D eigenvalue weighted by Crippen LogP contribution is 2.44. The van der Waals surface area contributed by atoms with E-state index in [0.29, 0.717) is 33.9 Å². The predicted molar refractivity (Wildman–Crippen MR) is 134 cm³/mol. The highest BCUT2D eigenvalue weighted by molar-refractivity contribution is 7.91. The summed E-state index contributed by atoms with van der Waals surface area (Å²) in [5.41, 5.74) is 2.26. The van der Waals surface area contributed by atoms with Crippen molar-refractivity contribution in [2.75, 3.05) is 24.7 Å². The lowest BCUT2D eigenvalue weighted by molar-refractivity contribution is 0.133. The third-order valence-electron chi connectivity index (χ3n) is 6.77. The molecule has 0 radical (unpaired) electrons. The molecule has 0 spiro atoms. The topological polar surface area (TPSA) is 46.6 Å². The van der Waals surface area contributed by atoms with E-state index >= 15 is 0 Å². The smallest absolute Gasteiger partial charge is 0.200 e. The van der Waals surface area contributed by atoms with Crippen LogP contribution in [-0.2, 0) is 14.3 Å². The summed E-state index contributed by atoms with van der Waals surface area (Å²) in [4.78, 5) is 2.59. The molecule has 4 nitrogen and oxygen atoms in total. The fourth-order valence-corrected chi connectivity index (χ4v) is 12.7. The van der Waals surface area contributed by atoms with Crippen molar-refractivity contribution in [3.8, 4) is 0 Å². The molecule has 0 saturated carbocycles. The van der Waals surface area contributed by atoms with Gasteiger partial charge in [0.1, 0.15) is 0 Å². The molecule has 1 aliphatic heterocycles. The van der Waals surface area contributed by atoms with Gasteiger partial charge in [0.15, 0.2) is 9.84 Å². The standard InChI is InChI=1S/C24H40ClNO3SSi/c1-18(2)31(19(3)4,20(5)6)29-24-13-14-26(16-21(7)15-25)23(24)17-30(27,28)22-11-9-8-10-12-22/h8-12,18-20,23-24H,7,13-17H2,1-6H3/t23-,24+/m0/s1. The normalized spacial score (nSPS) is 20.8. The zero-order chi connectivity index (χ0) is 23.4. The number of alkyl halides is 1. The average molecular weight is 486 g/mol. The van der Waals surface area contributed by atoms with Crippen LogP contribution in [0.15, 0.2) is 47.4 Å². The van der Waals surface area contributed by atoms with E-state index in [1.54, 1.807) is 24.3 Å². The quantitative estimate of drug-likeness (QED) is 0.222. The van der Waals surface area contributed by atoms with Crippen molar-refractivity contribution in [1.29, 1.82) is 0 Å².